The van der Waals surface area contributed by atoms with Crippen molar-refractivity contribution >= 4 is 0 Å². The van der Waals surface area contributed by atoms with Crippen LogP contribution in [0.5, 0.6) is 0 Å². The number of hydrogen-bond donors (Lipinski definition) is 1. The number of rotatable bonds is 3. The summed E-state index contributed by atoms with van der Waals surface area (Å²) in [4.78, 5) is 0. The zero-order valence-corrected chi connectivity index (χ0v) is 10.2. The molecule has 2 aliphatic rings. The first kappa shape index (κ1) is 12.1. The smallest absolute Gasteiger partial charge is 0.130 e. The summed E-state index contributed by atoms with van der Waals surface area (Å²) < 4.78 is 32.2. The van der Waals surface area contributed by atoms with Gasteiger partial charge in [0.05, 0.1) is 13.2 Å². The normalized spacial score (nSPS) is 26.0. The molecule has 18 heavy (non-hydrogen) atoms. The Morgan fingerprint density at radius 3 is 2.72 bits per heavy atom. The van der Waals surface area contributed by atoms with E-state index in [4.69, 9.17) is 4.74 Å². The van der Waals surface area contributed by atoms with Gasteiger partial charge in [0.25, 0.3) is 0 Å². The van der Waals surface area contributed by atoms with Crippen molar-refractivity contribution in [2.75, 3.05) is 26.3 Å². The minimum absolute atomic E-state index is 0.242. The van der Waals surface area contributed by atoms with Crippen molar-refractivity contribution in [2.24, 2.45) is 5.92 Å². The fourth-order valence-electron chi connectivity index (χ4n) is 3.09. The Morgan fingerprint density at radius 2 is 2.17 bits per heavy atom. The Balaban J connectivity index is 1.85. The van der Waals surface area contributed by atoms with Crippen LogP contribution in [0.2, 0.25) is 0 Å². The average Bonchev–Trinajstić information content (AvgIpc) is 2.77. The lowest BCUT2D eigenvalue weighted by molar-refractivity contribution is -0.0721. The zero-order valence-electron chi connectivity index (χ0n) is 10.2. The van der Waals surface area contributed by atoms with Crippen molar-refractivity contribution in [1.29, 1.82) is 0 Å². The van der Waals surface area contributed by atoms with Gasteiger partial charge in [-0.3, -0.25) is 0 Å². The molecule has 1 atom stereocenters. The molecule has 2 fully saturated rings. The van der Waals surface area contributed by atoms with E-state index in [1.807, 2.05) is 0 Å². The second-order valence-electron chi connectivity index (χ2n) is 5.46. The first-order valence-electron chi connectivity index (χ1n) is 6.44. The van der Waals surface area contributed by atoms with E-state index in [0.717, 1.165) is 32.0 Å². The van der Waals surface area contributed by atoms with Crippen molar-refractivity contribution in [3.8, 4) is 0 Å². The van der Waals surface area contributed by atoms with E-state index in [9.17, 15) is 8.78 Å². The summed E-state index contributed by atoms with van der Waals surface area (Å²) in [7, 11) is 0. The van der Waals surface area contributed by atoms with Gasteiger partial charge in [0.1, 0.15) is 11.6 Å². The maximum atomic E-state index is 13.9. The van der Waals surface area contributed by atoms with Crippen molar-refractivity contribution in [2.45, 2.75) is 18.3 Å². The number of halogens is 2. The van der Waals surface area contributed by atoms with Gasteiger partial charge in [-0.1, -0.05) is 6.07 Å². The SMILES string of the molecule is Fc1ccc(C2(CC3CCNC3)COC2)c(F)c1. The highest BCUT2D eigenvalue weighted by Crippen LogP contribution is 2.40. The van der Waals surface area contributed by atoms with Crippen molar-refractivity contribution in [3.63, 3.8) is 0 Å². The lowest BCUT2D eigenvalue weighted by Gasteiger charge is -2.43. The highest BCUT2D eigenvalue weighted by atomic mass is 19.1. The van der Waals surface area contributed by atoms with Crippen LogP contribution in [-0.4, -0.2) is 26.3 Å². The molecular formula is C14H17F2NO. The van der Waals surface area contributed by atoms with Crippen LogP contribution in [0.1, 0.15) is 18.4 Å². The van der Waals surface area contributed by atoms with Crippen molar-refractivity contribution in [1.82, 2.24) is 5.32 Å². The molecule has 0 aliphatic carbocycles. The third kappa shape index (κ3) is 2.04. The van der Waals surface area contributed by atoms with Gasteiger partial charge in [-0.05, 0) is 43.5 Å². The lowest BCUT2D eigenvalue weighted by Crippen LogP contribution is -2.48. The summed E-state index contributed by atoms with van der Waals surface area (Å²) in [5.41, 5.74) is 0.371. The van der Waals surface area contributed by atoms with Gasteiger partial charge in [-0.25, -0.2) is 8.78 Å². The molecule has 0 saturated carbocycles. The highest BCUT2D eigenvalue weighted by molar-refractivity contribution is 5.30. The number of ether oxygens (including phenoxy) is 1. The fourth-order valence-corrected chi connectivity index (χ4v) is 3.09. The minimum atomic E-state index is -0.519. The average molecular weight is 253 g/mol. The molecule has 4 heteroatoms. The first-order chi connectivity index (χ1) is 8.70. The Labute approximate surface area is 105 Å². The van der Waals surface area contributed by atoms with Gasteiger partial charge >= 0.3 is 0 Å². The predicted molar refractivity (Wildman–Crippen MR) is 64.4 cm³/mol. The lowest BCUT2D eigenvalue weighted by atomic mass is 9.72. The van der Waals surface area contributed by atoms with Crippen LogP contribution in [0.15, 0.2) is 18.2 Å². The van der Waals surface area contributed by atoms with E-state index in [-0.39, 0.29) is 5.41 Å². The molecule has 0 spiro atoms. The van der Waals surface area contributed by atoms with Crippen LogP contribution in [0.4, 0.5) is 8.78 Å². The molecule has 2 aliphatic heterocycles. The van der Waals surface area contributed by atoms with Crippen LogP contribution in [-0.2, 0) is 10.2 Å². The van der Waals surface area contributed by atoms with Gasteiger partial charge in [0, 0.05) is 11.5 Å². The summed E-state index contributed by atoms with van der Waals surface area (Å²) in [6, 6.07) is 3.89. The standard InChI is InChI=1S/C14H17F2NO/c15-11-1-2-12(13(16)5-11)14(8-18-9-14)6-10-3-4-17-7-10/h1-2,5,10,17H,3-4,6-9H2. The quantitative estimate of drug-likeness (QED) is 0.892. The second kappa shape index (κ2) is 4.59. The molecule has 1 aromatic carbocycles. The molecular weight excluding hydrogens is 236 g/mol. The van der Waals surface area contributed by atoms with Crippen LogP contribution in [0, 0.1) is 17.6 Å². The molecule has 1 unspecified atom stereocenters. The predicted octanol–water partition coefficient (Wildman–Crippen LogP) is 2.23. The zero-order chi connectivity index (χ0) is 12.6. The molecule has 0 bridgehead atoms. The maximum Gasteiger partial charge on any atom is 0.130 e. The van der Waals surface area contributed by atoms with E-state index >= 15 is 0 Å². The molecule has 2 heterocycles. The molecule has 2 nitrogen and oxygen atoms in total. The molecule has 1 aromatic rings. The minimum Gasteiger partial charge on any atom is -0.379 e. The third-order valence-corrected chi connectivity index (χ3v) is 4.10. The summed E-state index contributed by atoms with van der Waals surface area (Å²) in [5.74, 6) is -0.392. The van der Waals surface area contributed by atoms with Gasteiger partial charge < -0.3 is 10.1 Å². The van der Waals surface area contributed by atoms with Gasteiger partial charge in [-0.15, -0.1) is 0 Å². The molecule has 3 rings (SSSR count). The van der Waals surface area contributed by atoms with E-state index in [1.54, 1.807) is 6.07 Å². The highest BCUT2D eigenvalue weighted by Gasteiger charge is 2.44. The van der Waals surface area contributed by atoms with Crippen LogP contribution >= 0.6 is 0 Å². The van der Waals surface area contributed by atoms with E-state index < -0.39 is 11.6 Å². The number of nitrogens with one attached hydrogen (secondary N) is 1. The number of benzene rings is 1. The molecule has 0 amide bonds. The van der Waals surface area contributed by atoms with Crippen LogP contribution in [0.25, 0.3) is 0 Å². The topological polar surface area (TPSA) is 21.3 Å². The van der Waals surface area contributed by atoms with Crippen molar-refractivity contribution < 1.29 is 13.5 Å². The summed E-state index contributed by atoms with van der Waals surface area (Å²) in [6.45, 7) is 3.12. The van der Waals surface area contributed by atoms with Gasteiger partial charge in [0.2, 0.25) is 0 Å². The summed E-state index contributed by atoms with van der Waals surface area (Å²) >= 11 is 0. The number of hydrogen-bond acceptors (Lipinski definition) is 2. The van der Waals surface area contributed by atoms with Crippen LogP contribution < -0.4 is 5.32 Å². The Kier molecular flexibility index (Phi) is 3.08. The largest absolute Gasteiger partial charge is 0.379 e. The fraction of sp³-hybridized carbons (Fsp3) is 0.571. The molecule has 2 saturated heterocycles. The maximum absolute atomic E-state index is 13.9. The monoisotopic (exact) mass is 253 g/mol. The van der Waals surface area contributed by atoms with Crippen LogP contribution in [0.3, 0.4) is 0 Å². The Hall–Kier alpha value is -1.00. The van der Waals surface area contributed by atoms with Gasteiger partial charge in [0.15, 0.2) is 0 Å². The molecule has 98 valence electrons. The molecule has 0 radical (unpaired) electrons. The van der Waals surface area contributed by atoms with E-state index in [2.05, 4.69) is 5.32 Å². The van der Waals surface area contributed by atoms with E-state index in [1.165, 1.54) is 6.07 Å². The molecule has 1 N–H and O–H groups in total. The third-order valence-electron chi connectivity index (χ3n) is 4.10. The van der Waals surface area contributed by atoms with Gasteiger partial charge in [-0.2, -0.15) is 0 Å². The Morgan fingerprint density at radius 1 is 1.33 bits per heavy atom. The van der Waals surface area contributed by atoms with E-state index in [0.29, 0.717) is 24.7 Å². The van der Waals surface area contributed by atoms with Crippen molar-refractivity contribution in [3.05, 3.63) is 35.4 Å². The second-order valence-corrected chi connectivity index (χ2v) is 5.46. The molecule has 0 aromatic heterocycles. The summed E-state index contributed by atoms with van der Waals surface area (Å²) in [5, 5.41) is 3.32. The first-order valence-corrected chi connectivity index (χ1v) is 6.44. The summed E-state index contributed by atoms with van der Waals surface area (Å²) in [6.07, 6.45) is 2.05. The Bertz CT molecular complexity index is 439.